The van der Waals surface area contributed by atoms with Gasteiger partial charge in [0.15, 0.2) is 0 Å². The number of pyridine rings is 1. The standard InChI is InChI=1S/C24H31N3O3/c28-24(27-10-4-6-21(19-27)17-20-5-3-9-25-18-20)22-7-1-2-8-23(22)30-16-13-26-11-14-29-15-12-26/h1-3,5,7-9,18,21H,4,6,10-17,19H2. The van der Waals surface area contributed by atoms with E-state index < -0.39 is 0 Å². The van der Waals surface area contributed by atoms with Gasteiger partial charge in [-0.2, -0.15) is 0 Å². The first-order chi connectivity index (χ1) is 14.8. The first-order valence-corrected chi connectivity index (χ1v) is 11.0. The second-order valence-corrected chi connectivity index (χ2v) is 8.12. The van der Waals surface area contributed by atoms with Crippen molar-refractivity contribution in [3.63, 3.8) is 0 Å². The molecule has 0 N–H and O–H groups in total. The van der Waals surface area contributed by atoms with E-state index in [9.17, 15) is 4.79 Å². The summed E-state index contributed by atoms with van der Waals surface area (Å²) in [6, 6.07) is 11.7. The van der Waals surface area contributed by atoms with Gasteiger partial charge in [-0.25, -0.2) is 0 Å². The van der Waals surface area contributed by atoms with E-state index in [4.69, 9.17) is 9.47 Å². The predicted octanol–water partition coefficient (Wildman–Crippen LogP) is 2.89. The van der Waals surface area contributed by atoms with Crippen molar-refractivity contribution in [1.82, 2.24) is 14.8 Å². The zero-order chi connectivity index (χ0) is 20.6. The van der Waals surface area contributed by atoms with Crippen molar-refractivity contribution in [2.45, 2.75) is 19.3 Å². The molecule has 3 heterocycles. The van der Waals surface area contributed by atoms with E-state index in [0.717, 1.165) is 65.2 Å². The predicted molar refractivity (Wildman–Crippen MR) is 116 cm³/mol. The lowest BCUT2D eigenvalue weighted by Gasteiger charge is -2.33. The van der Waals surface area contributed by atoms with Crippen molar-refractivity contribution < 1.29 is 14.3 Å². The summed E-state index contributed by atoms with van der Waals surface area (Å²) in [5.41, 5.74) is 1.91. The Hall–Kier alpha value is -2.44. The zero-order valence-corrected chi connectivity index (χ0v) is 17.5. The van der Waals surface area contributed by atoms with Crippen LogP contribution in [0.25, 0.3) is 0 Å². The van der Waals surface area contributed by atoms with Gasteiger partial charge in [-0.3, -0.25) is 14.7 Å². The van der Waals surface area contributed by atoms with Gasteiger partial charge in [-0.15, -0.1) is 0 Å². The number of hydrogen-bond donors (Lipinski definition) is 0. The molecule has 6 nitrogen and oxygen atoms in total. The molecular weight excluding hydrogens is 378 g/mol. The molecule has 2 aliphatic rings. The molecule has 2 saturated heterocycles. The maximum absolute atomic E-state index is 13.3. The maximum Gasteiger partial charge on any atom is 0.257 e. The highest BCUT2D eigenvalue weighted by molar-refractivity contribution is 5.97. The molecule has 1 atom stereocenters. The van der Waals surface area contributed by atoms with Gasteiger partial charge in [-0.1, -0.05) is 18.2 Å². The number of carbonyl (C=O) groups excluding carboxylic acids is 1. The summed E-state index contributed by atoms with van der Waals surface area (Å²) < 4.78 is 11.4. The monoisotopic (exact) mass is 409 g/mol. The number of para-hydroxylation sites is 1. The Bertz CT molecular complexity index is 808. The lowest BCUT2D eigenvalue weighted by Crippen LogP contribution is -2.41. The van der Waals surface area contributed by atoms with Crippen molar-refractivity contribution in [3.8, 4) is 5.75 Å². The van der Waals surface area contributed by atoms with Crippen LogP contribution in [0.3, 0.4) is 0 Å². The summed E-state index contributed by atoms with van der Waals surface area (Å²) in [6.07, 6.45) is 6.89. The maximum atomic E-state index is 13.3. The number of aromatic nitrogens is 1. The summed E-state index contributed by atoms with van der Waals surface area (Å²) in [7, 11) is 0. The van der Waals surface area contributed by atoms with Crippen LogP contribution in [0.4, 0.5) is 0 Å². The molecule has 0 spiro atoms. The van der Waals surface area contributed by atoms with Crippen LogP contribution in [0, 0.1) is 5.92 Å². The van der Waals surface area contributed by atoms with E-state index in [1.165, 1.54) is 5.56 Å². The molecule has 1 unspecified atom stereocenters. The lowest BCUT2D eigenvalue weighted by atomic mass is 9.91. The van der Waals surface area contributed by atoms with Crippen LogP contribution in [0.15, 0.2) is 48.8 Å². The Morgan fingerprint density at radius 3 is 2.83 bits per heavy atom. The van der Waals surface area contributed by atoms with Gasteiger partial charge in [0, 0.05) is 45.1 Å². The lowest BCUT2D eigenvalue weighted by molar-refractivity contribution is 0.0321. The van der Waals surface area contributed by atoms with Crippen molar-refractivity contribution in [1.29, 1.82) is 0 Å². The Labute approximate surface area is 178 Å². The number of nitrogens with zero attached hydrogens (tertiary/aromatic N) is 3. The van der Waals surface area contributed by atoms with E-state index in [-0.39, 0.29) is 5.91 Å². The Morgan fingerprint density at radius 1 is 1.13 bits per heavy atom. The minimum Gasteiger partial charge on any atom is -0.491 e. The topological polar surface area (TPSA) is 54.9 Å². The number of carbonyl (C=O) groups is 1. The fraction of sp³-hybridized carbons (Fsp3) is 0.500. The van der Waals surface area contributed by atoms with Gasteiger partial charge in [0.2, 0.25) is 0 Å². The Kier molecular flexibility index (Phi) is 7.32. The second-order valence-electron chi connectivity index (χ2n) is 8.12. The van der Waals surface area contributed by atoms with Gasteiger partial charge < -0.3 is 14.4 Å². The molecule has 1 amide bonds. The molecular formula is C24H31N3O3. The average molecular weight is 410 g/mol. The molecule has 1 aromatic carbocycles. The van der Waals surface area contributed by atoms with Gasteiger partial charge >= 0.3 is 0 Å². The molecule has 6 heteroatoms. The van der Waals surface area contributed by atoms with Crippen molar-refractivity contribution >= 4 is 5.91 Å². The third kappa shape index (κ3) is 5.58. The molecule has 4 rings (SSSR count). The van der Waals surface area contributed by atoms with Gasteiger partial charge in [0.1, 0.15) is 12.4 Å². The highest BCUT2D eigenvalue weighted by Crippen LogP contribution is 2.25. The molecule has 2 aliphatic heterocycles. The highest BCUT2D eigenvalue weighted by atomic mass is 16.5. The number of benzene rings is 1. The summed E-state index contributed by atoms with van der Waals surface area (Å²) >= 11 is 0. The summed E-state index contributed by atoms with van der Waals surface area (Å²) in [5.74, 6) is 1.24. The smallest absolute Gasteiger partial charge is 0.257 e. The SMILES string of the molecule is O=C(c1ccccc1OCCN1CCOCC1)N1CCCC(Cc2cccnc2)C1. The third-order valence-electron chi connectivity index (χ3n) is 5.94. The van der Waals surface area contributed by atoms with Crippen LogP contribution in [0.5, 0.6) is 5.75 Å². The van der Waals surface area contributed by atoms with E-state index >= 15 is 0 Å². The third-order valence-corrected chi connectivity index (χ3v) is 5.94. The fourth-order valence-corrected chi connectivity index (χ4v) is 4.32. The van der Waals surface area contributed by atoms with E-state index in [1.54, 1.807) is 6.20 Å². The number of piperidine rings is 1. The molecule has 1 aromatic heterocycles. The van der Waals surface area contributed by atoms with Crippen LogP contribution < -0.4 is 4.74 Å². The second kappa shape index (κ2) is 10.5. The zero-order valence-electron chi connectivity index (χ0n) is 17.5. The Balaban J connectivity index is 1.35. The van der Waals surface area contributed by atoms with Crippen molar-refractivity contribution in [2.75, 3.05) is 52.5 Å². The van der Waals surface area contributed by atoms with Crippen LogP contribution in [0.1, 0.15) is 28.8 Å². The van der Waals surface area contributed by atoms with Gasteiger partial charge in [0.05, 0.1) is 18.8 Å². The van der Waals surface area contributed by atoms with Gasteiger partial charge in [-0.05, 0) is 48.9 Å². The number of morpholine rings is 1. The fourth-order valence-electron chi connectivity index (χ4n) is 4.32. The van der Waals surface area contributed by atoms with E-state index in [2.05, 4.69) is 16.0 Å². The molecule has 0 saturated carbocycles. The first-order valence-electron chi connectivity index (χ1n) is 11.0. The molecule has 0 aliphatic carbocycles. The number of hydrogen-bond acceptors (Lipinski definition) is 5. The number of ether oxygens (including phenoxy) is 2. The molecule has 30 heavy (non-hydrogen) atoms. The number of likely N-dealkylation sites (tertiary alicyclic amines) is 1. The summed E-state index contributed by atoms with van der Waals surface area (Å²) in [6.45, 7) is 6.47. The number of rotatable bonds is 7. The highest BCUT2D eigenvalue weighted by Gasteiger charge is 2.26. The molecule has 2 fully saturated rings. The van der Waals surface area contributed by atoms with E-state index in [1.807, 2.05) is 41.4 Å². The van der Waals surface area contributed by atoms with Crippen LogP contribution in [0.2, 0.25) is 0 Å². The molecule has 0 radical (unpaired) electrons. The summed E-state index contributed by atoms with van der Waals surface area (Å²) in [4.78, 5) is 21.8. The normalized spacial score (nSPS) is 20.1. The minimum absolute atomic E-state index is 0.0767. The minimum atomic E-state index is 0.0767. The summed E-state index contributed by atoms with van der Waals surface area (Å²) in [5, 5.41) is 0. The largest absolute Gasteiger partial charge is 0.491 e. The van der Waals surface area contributed by atoms with Crippen molar-refractivity contribution in [2.24, 2.45) is 5.92 Å². The van der Waals surface area contributed by atoms with Crippen LogP contribution >= 0.6 is 0 Å². The van der Waals surface area contributed by atoms with Crippen LogP contribution in [-0.2, 0) is 11.2 Å². The van der Waals surface area contributed by atoms with Gasteiger partial charge in [0.25, 0.3) is 5.91 Å². The quantitative estimate of drug-likeness (QED) is 0.704. The first kappa shape index (κ1) is 20.8. The molecule has 2 aromatic rings. The molecule has 0 bridgehead atoms. The van der Waals surface area contributed by atoms with Crippen molar-refractivity contribution in [3.05, 3.63) is 59.9 Å². The van der Waals surface area contributed by atoms with Crippen LogP contribution in [-0.4, -0.2) is 73.2 Å². The molecule has 160 valence electrons. The average Bonchev–Trinajstić information content (AvgIpc) is 2.80. The van der Waals surface area contributed by atoms with E-state index in [0.29, 0.717) is 23.8 Å². The Morgan fingerprint density at radius 2 is 2.00 bits per heavy atom. The number of amides is 1.